The summed E-state index contributed by atoms with van der Waals surface area (Å²) >= 11 is 0. The van der Waals surface area contributed by atoms with Gasteiger partial charge in [-0.15, -0.1) is 0 Å². The van der Waals surface area contributed by atoms with E-state index in [0.717, 1.165) is 11.3 Å². The second kappa shape index (κ2) is 7.97. The zero-order valence-electron chi connectivity index (χ0n) is 13.7. The van der Waals surface area contributed by atoms with Crippen molar-refractivity contribution in [3.8, 4) is 5.75 Å². The molecule has 0 unspecified atom stereocenters. The third kappa shape index (κ3) is 4.45. The summed E-state index contributed by atoms with van der Waals surface area (Å²) in [5.74, 6) is 0.0577. The SMILES string of the molecule is CCOc1ccc(CC(=O)N2C[C@@H](COC)[C@H](C(N)=O)C2)cc1. The van der Waals surface area contributed by atoms with Crippen molar-refractivity contribution < 1.29 is 19.1 Å². The molecular formula is C17H24N2O4. The quantitative estimate of drug-likeness (QED) is 0.807. The second-order valence-corrected chi connectivity index (χ2v) is 5.78. The second-order valence-electron chi connectivity index (χ2n) is 5.78. The molecule has 0 radical (unpaired) electrons. The van der Waals surface area contributed by atoms with E-state index in [1.165, 1.54) is 0 Å². The number of ether oxygens (including phenoxy) is 2. The van der Waals surface area contributed by atoms with Gasteiger partial charge in [0.2, 0.25) is 11.8 Å². The fourth-order valence-corrected chi connectivity index (χ4v) is 2.94. The maximum Gasteiger partial charge on any atom is 0.227 e. The first kappa shape index (κ1) is 17.3. The van der Waals surface area contributed by atoms with Gasteiger partial charge in [0.05, 0.1) is 25.6 Å². The van der Waals surface area contributed by atoms with Gasteiger partial charge in [-0.1, -0.05) is 12.1 Å². The van der Waals surface area contributed by atoms with Gasteiger partial charge < -0.3 is 20.1 Å². The molecule has 1 aromatic carbocycles. The molecule has 6 heteroatoms. The Bertz CT molecular complexity index is 544. The molecule has 6 nitrogen and oxygen atoms in total. The molecule has 2 rings (SSSR count). The van der Waals surface area contributed by atoms with E-state index in [9.17, 15) is 9.59 Å². The van der Waals surface area contributed by atoms with Crippen molar-refractivity contribution in [3.05, 3.63) is 29.8 Å². The van der Waals surface area contributed by atoms with Gasteiger partial charge in [0.1, 0.15) is 5.75 Å². The van der Waals surface area contributed by atoms with E-state index in [1.54, 1.807) is 12.0 Å². The van der Waals surface area contributed by atoms with Crippen LogP contribution < -0.4 is 10.5 Å². The summed E-state index contributed by atoms with van der Waals surface area (Å²) in [4.78, 5) is 25.7. The fourth-order valence-electron chi connectivity index (χ4n) is 2.94. The van der Waals surface area contributed by atoms with Gasteiger partial charge in [0, 0.05) is 26.1 Å². The Morgan fingerprint density at radius 2 is 1.96 bits per heavy atom. The maximum atomic E-state index is 12.4. The van der Waals surface area contributed by atoms with Gasteiger partial charge >= 0.3 is 0 Å². The number of hydrogen-bond acceptors (Lipinski definition) is 4. The van der Waals surface area contributed by atoms with Gasteiger partial charge in [0.15, 0.2) is 0 Å². The molecule has 1 saturated heterocycles. The maximum absolute atomic E-state index is 12.4. The van der Waals surface area contributed by atoms with Crippen LogP contribution in [0.25, 0.3) is 0 Å². The summed E-state index contributed by atoms with van der Waals surface area (Å²) < 4.78 is 10.5. The molecule has 0 saturated carbocycles. The first-order valence-corrected chi connectivity index (χ1v) is 7.83. The molecular weight excluding hydrogens is 296 g/mol. The topological polar surface area (TPSA) is 81.9 Å². The van der Waals surface area contributed by atoms with Crippen LogP contribution in [0.3, 0.4) is 0 Å². The Morgan fingerprint density at radius 3 is 2.52 bits per heavy atom. The van der Waals surface area contributed by atoms with E-state index in [1.807, 2.05) is 31.2 Å². The van der Waals surface area contributed by atoms with Crippen molar-refractivity contribution >= 4 is 11.8 Å². The lowest BCUT2D eigenvalue weighted by Crippen LogP contribution is -2.33. The molecule has 1 aliphatic rings. The van der Waals surface area contributed by atoms with Gasteiger partial charge in [-0.2, -0.15) is 0 Å². The van der Waals surface area contributed by atoms with E-state index >= 15 is 0 Å². The van der Waals surface area contributed by atoms with E-state index in [2.05, 4.69) is 0 Å². The summed E-state index contributed by atoms with van der Waals surface area (Å²) in [5, 5.41) is 0. The van der Waals surface area contributed by atoms with Crippen LogP contribution in [0.1, 0.15) is 12.5 Å². The van der Waals surface area contributed by atoms with Crippen molar-refractivity contribution in [2.75, 3.05) is 33.4 Å². The van der Waals surface area contributed by atoms with Crippen LogP contribution in [0, 0.1) is 11.8 Å². The predicted octanol–water partition coefficient (Wildman–Crippen LogP) is 0.834. The van der Waals surface area contributed by atoms with Crippen LogP contribution in [0.2, 0.25) is 0 Å². The van der Waals surface area contributed by atoms with E-state index < -0.39 is 0 Å². The number of amides is 2. The van der Waals surface area contributed by atoms with Crippen molar-refractivity contribution in [1.82, 2.24) is 4.90 Å². The molecule has 2 amide bonds. The largest absolute Gasteiger partial charge is 0.494 e. The van der Waals surface area contributed by atoms with E-state index in [4.69, 9.17) is 15.2 Å². The number of benzene rings is 1. The van der Waals surface area contributed by atoms with E-state index in [0.29, 0.717) is 32.7 Å². The molecule has 0 bridgehead atoms. The third-order valence-corrected chi connectivity index (χ3v) is 4.13. The number of methoxy groups -OCH3 is 1. The van der Waals surface area contributed by atoms with Crippen molar-refractivity contribution in [2.45, 2.75) is 13.3 Å². The van der Waals surface area contributed by atoms with Gasteiger partial charge in [-0.05, 0) is 24.6 Å². The van der Waals surface area contributed by atoms with Crippen LogP contribution in [0.4, 0.5) is 0 Å². The minimum absolute atomic E-state index is 0.000914. The highest BCUT2D eigenvalue weighted by Crippen LogP contribution is 2.24. The smallest absolute Gasteiger partial charge is 0.227 e. The van der Waals surface area contributed by atoms with Crippen molar-refractivity contribution in [1.29, 1.82) is 0 Å². The Balaban J connectivity index is 1.96. The Hall–Kier alpha value is -2.08. The van der Waals surface area contributed by atoms with Crippen molar-refractivity contribution in [3.63, 3.8) is 0 Å². The summed E-state index contributed by atoms with van der Waals surface area (Å²) in [6, 6.07) is 7.49. The van der Waals surface area contributed by atoms with E-state index in [-0.39, 0.29) is 23.7 Å². The van der Waals surface area contributed by atoms with Gasteiger partial charge in [-0.25, -0.2) is 0 Å². The first-order valence-electron chi connectivity index (χ1n) is 7.83. The number of nitrogens with zero attached hydrogens (tertiary/aromatic N) is 1. The number of nitrogens with two attached hydrogens (primary N) is 1. The zero-order valence-corrected chi connectivity index (χ0v) is 13.7. The normalized spacial score (nSPS) is 20.5. The highest BCUT2D eigenvalue weighted by molar-refractivity contribution is 5.82. The highest BCUT2D eigenvalue weighted by Gasteiger charge is 2.38. The number of rotatable bonds is 7. The molecule has 0 spiro atoms. The fraction of sp³-hybridized carbons (Fsp3) is 0.529. The highest BCUT2D eigenvalue weighted by atomic mass is 16.5. The predicted molar refractivity (Wildman–Crippen MR) is 85.9 cm³/mol. The lowest BCUT2D eigenvalue weighted by molar-refractivity contribution is -0.129. The molecule has 0 aromatic heterocycles. The Labute approximate surface area is 136 Å². The molecule has 23 heavy (non-hydrogen) atoms. The third-order valence-electron chi connectivity index (χ3n) is 4.13. The molecule has 1 heterocycles. The molecule has 2 N–H and O–H groups in total. The lowest BCUT2D eigenvalue weighted by atomic mass is 9.96. The molecule has 1 aromatic rings. The monoisotopic (exact) mass is 320 g/mol. The standard InChI is InChI=1S/C17H24N2O4/c1-3-23-14-6-4-12(5-7-14)8-16(20)19-9-13(11-22-2)15(10-19)17(18)21/h4-7,13,15H,3,8-11H2,1-2H3,(H2,18,21)/t13-,15+/m0/s1. The summed E-state index contributed by atoms with van der Waals surface area (Å²) in [6.07, 6.45) is 0.303. The van der Waals surface area contributed by atoms with Gasteiger partial charge in [-0.3, -0.25) is 9.59 Å². The first-order chi connectivity index (χ1) is 11.0. The average Bonchev–Trinajstić information content (AvgIpc) is 2.94. The Morgan fingerprint density at radius 1 is 1.26 bits per heavy atom. The molecule has 2 atom stereocenters. The number of carbonyl (C=O) groups is 2. The average molecular weight is 320 g/mol. The van der Waals surface area contributed by atoms with Crippen LogP contribution >= 0.6 is 0 Å². The Kier molecular flexibility index (Phi) is 5.98. The van der Waals surface area contributed by atoms with Crippen molar-refractivity contribution in [2.24, 2.45) is 17.6 Å². The molecule has 1 fully saturated rings. The lowest BCUT2D eigenvalue weighted by Gasteiger charge is -2.16. The number of primary amides is 1. The number of hydrogen-bond donors (Lipinski definition) is 1. The number of carbonyl (C=O) groups excluding carboxylic acids is 2. The van der Waals surface area contributed by atoms with Gasteiger partial charge in [0.25, 0.3) is 0 Å². The zero-order chi connectivity index (χ0) is 16.8. The van der Waals surface area contributed by atoms with Crippen LogP contribution in [-0.2, 0) is 20.7 Å². The minimum Gasteiger partial charge on any atom is -0.494 e. The minimum atomic E-state index is -0.372. The summed E-state index contributed by atoms with van der Waals surface area (Å²) in [6.45, 7) is 3.86. The molecule has 0 aliphatic carbocycles. The van der Waals surface area contributed by atoms with Crippen LogP contribution in [0.15, 0.2) is 24.3 Å². The molecule has 126 valence electrons. The summed E-state index contributed by atoms with van der Waals surface area (Å²) in [7, 11) is 1.59. The summed E-state index contributed by atoms with van der Waals surface area (Å²) in [5.41, 5.74) is 6.35. The van der Waals surface area contributed by atoms with Crippen LogP contribution in [0.5, 0.6) is 5.75 Å². The molecule has 1 aliphatic heterocycles. The number of likely N-dealkylation sites (tertiary alicyclic amines) is 1. The van der Waals surface area contributed by atoms with Crippen LogP contribution in [-0.4, -0.2) is 50.1 Å².